The first-order valence-electron chi connectivity index (χ1n) is 12.5. The van der Waals surface area contributed by atoms with Gasteiger partial charge in [0, 0.05) is 29.4 Å². The standard InChI is InChI=1S/C16H15F2N3O4S/c1-23-13-5-6-19-12(14(13)24-2)8-26(22)16-20-10-4-3-9(25-15(17)18)7-11(10)21-16/h3-7,15H,8H2,1-2H3,(H,20,21)/i1D3,2D3,3D,4D,5D,6D,7D,15D. The number of nitrogens with zero attached hydrogens (tertiary/aromatic N) is 2. The van der Waals surface area contributed by atoms with Crippen LogP contribution in [0.25, 0.3) is 11.0 Å². The molecule has 10 heteroatoms. The van der Waals surface area contributed by atoms with Crippen molar-refractivity contribution in [1.82, 2.24) is 15.0 Å². The molecule has 2 heterocycles. The van der Waals surface area contributed by atoms with Crippen LogP contribution in [-0.4, -0.2) is 40.2 Å². The molecule has 0 saturated carbocycles. The van der Waals surface area contributed by atoms with Crippen LogP contribution < -0.4 is 14.2 Å². The van der Waals surface area contributed by atoms with Gasteiger partial charge in [0.15, 0.2) is 18.6 Å². The van der Waals surface area contributed by atoms with Gasteiger partial charge in [-0.15, -0.1) is 0 Å². The van der Waals surface area contributed by atoms with Crippen LogP contribution in [0.3, 0.4) is 0 Å². The molecule has 1 N–H and O–H groups in total. The highest BCUT2D eigenvalue weighted by Gasteiger charge is 2.22. The fourth-order valence-electron chi connectivity index (χ4n) is 1.88. The van der Waals surface area contributed by atoms with Crippen molar-refractivity contribution in [3.05, 3.63) is 36.0 Å². The zero-order chi connectivity index (χ0) is 29.0. The van der Waals surface area contributed by atoms with E-state index in [4.69, 9.17) is 21.2 Å². The third-order valence-electron chi connectivity index (χ3n) is 2.91. The van der Waals surface area contributed by atoms with E-state index in [1.165, 1.54) is 0 Å². The molecule has 2 aromatic heterocycles. The minimum atomic E-state index is -4.53. The van der Waals surface area contributed by atoms with Crippen LogP contribution in [0.1, 0.15) is 22.1 Å². The molecule has 0 aliphatic carbocycles. The van der Waals surface area contributed by atoms with E-state index in [1.807, 2.05) is 0 Å². The molecule has 3 rings (SSSR count). The van der Waals surface area contributed by atoms with E-state index in [2.05, 4.69) is 24.4 Å². The van der Waals surface area contributed by atoms with Crippen molar-refractivity contribution in [1.29, 1.82) is 0 Å². The zero-order valence-corrected chi connectivity index (χ0v) is 13.2. The first-order valence-corrected chi connectivity index (χ1v) is 7.83. The highest BCUT2D eigenvalue weighted by Crippen LogP contribution is 2.31. The fourth-order valence-corrected chi connectivity index (χ4v) is 2.87. The highest BCUT2D eigenvalue weighted by molar-refractivity contribution is 7.90. The monoisotopic (exact) mass is 395 g/mol. The van der Waals surface area contributed by atoms with Gasteiger partial charge in [0.25, 0.3) is 0 Å². The predicted molar refractivity (Wildman–Crippen MR) is 90.2 cm³/mol. The third kappa shape index (κ3) is 3.81. The molecule has 0 saturated heterocycles. The third-order valence-corrected chi connectivity index (χ3v) is 4.07. The molecule has 0 fully saturated rings. The summed E-state index contributed by atoms with van der Waals surface area (Å²) in [6, 6.07) is -3.63. The summed E-state index contributed by atoms with van der Waals surface area (Å²) in [7, 11) is -6.43. The second-order valence-corrected chi connectivity index (χ2v) is 5.81. The molecule has 3 aromatic rings. The van der Waals surface area contributed by atoms with Crippen molar-refractivity contribution in [2.75, 3.05) is 14.1 Å². The van der Waals surface area contributed by atoms with Crippen molar-refractivity contribution in [3.63, 3.8) is 0 Å². The van der Waals surface area contributed by atoms with Gasteiger partial charge < -0.3 is 18.8 Å². The molecule has 0 aliphatic heterocycles. The summed E-state index contributed by atoms with van der Waals surface area (Å²) in [5, 5.41) is -0.516. The van der Waals surface area contributed by atoms with E-state index < -0.39 is 107 Å². The van der Waals surface area contributed by atoms with Crippen LogP contribution in [-0.2, 0) is 16.9 Å². The van der Waals surface area contributed by atoms with E-state index in [0.29, 0.717) is 0 Å². The number of H-pyrrole nitrogens is 1. The second-order valence-electron chi connectivity index (χ2n) is 4.45. The van der Waals surface area contributed by atoms with E-state index in [1.54, 1.807) is 0 Å². The first kappa shape index (κ1) is 8.40. The largest absolute Gasteiger partial charge is 0.609 e. The minimum Gasteiger partial charge on any atom is -0.609 e. The molecule has 7 nitrogen and oxygen atoms in total. The van der Waals surface area contributed by atoms with Crippen LogP contribution in [0, 0.1) is 0 Å². The molecular formula is C16H15F2N3O4S. The SMILES string of the molecule is [2H]c1nc(C[S+]([O-])c2nc3c([2H])c([2H])c(OC([2H])(F)F)c([2H])c3[nH]2)c(OC([2H])([2H])[2H])c(OC([2H])([2H])[2H])c1[2H]. The second kappa shape index (κ2) is 7.75. The minimum absolute atomic E-state index is 0.440. The predicted octanol–water partition coefficient (Wildman–Crippen LogP) is 2.88. The lowest BCUT2D eigenvalue weighted by atomic mass is 10.3. The molecule has 0 radical (unpaired) electrons. The van der Waals surface area contributed by atoms with Gasteiger partial charge in [-0.1, -0.05) is 0 Å². The van der Waals surface area contributed by atoms with E-state index in [-0.39, 0.29) is 0 Å². The summed E-state index contributed by atoms with van der Waals surface area (Å²) in [4.78, 5) is 9.84. The zero-order valence-electron chi connectivity index (χ0n) is 24.4. The van der Waals surface area contributed by atoms with Gasteiger partial charge in [0.05, 0.1) is 40.2 Å². The van der Waals surface area contributed by atoms with Crippen LogP contribution in [0.15, 0.2) is 35.5 Å². The van der Waals surface area contributed by atoms with Gasteiger partial charge in [-0.25, -0.2) is 0 Å². The Bertz CT molecular complexity index is 1380. The van der Waals surface area contributed by atoms with Gasteiger partial charge in [0.2, 0.25) is 0 Å². The average molecular weight is 395 g/mol. The maximum atomic E-state index is 13.1. The summed E-state index contributed by atoms with van der Waals surface area (Å²) in [6.45, 7) is -4.53. The number of pyridine rings is 1. The lowest BCUT2D eigenvalue weighted by Crippen LogP contribution is -2.10. The van der Waals surface area contributed by atoms with E-state index in [9.17, 15) is 13.3 Å². The molecule has 0 amide bonds. The van der Waals surface area contributed by atoms with Crippen LogP contribution in [0.4, 0.5) is 8.78 Å². The molecule has 0 spiro atoms. The summed E-state index contributed by atoms with van der Waals surface area (Å²) in [5.74, 6) is -3.82. The van der Waals surface area contributed by atoms with Gasteiger partial charge in [-0.2, -0.15) is 13.8 Å². The maximum Gasteiger partial charge on any atom is 0.387 e. The summed E-state index contributed by atoms with van der Waals surface area (Å²) >= 11 is -2.39. The van der Waals surface area contributed by atoms with Crippen molar-refractivity contribution in [2.45, 2.75) is 17.5 Å². The number of hydrogen-bond acceptors (Lipinski definition) is 6. The van der Waals surface area contributed by atoms with Gasteiger partial charge >= 0.3 is 11.7 Å². The summed E-state index contributed by atoms with van der Waals surface area (Å²) < 4.78 is 142. The number of nitrogens with one attached hydrogen (secondary N) is 1. The number of imidazole rings is 1. The van der Waals surface area contributed by atoms with Crippen molar-refractivity contribution in [2.24, 2.45) is 0 Å². The Morgan fingerprint density at radius 1 is 1.38 bits per heavy atom. The first-order chi connectivity index (χ1) is 17.2. The normalized spacial score (nSPS) is 20.4. The lowest BCUT2D eigenvalue weighted by Gasteiger charge is -2.12. The molecule has 0 aliphatic rings. The number of hydrogen-bond donors (Lipinski definition) is 1. The number of benzene rings is 1. The van der Waals surface area contributed by atoms with Gasteiger partial charge in [-0.05, 0) is 12.1 Å². The number of methoxy groups -OCH3 is 2. The topological polar surface area (TPSA) is 92.3 Å². The molecular weight excluding hydrogens is 368 g/mol. The Labute approximate surface area is 167 Å². The summed E-state index contributed by atoms with van der Waals surface area (Å²) in [5.41, 5.74) is -1.48. The highest BCUT2D eigenvalue weighted by atomic mass is 32.2. The number of aromatic amines is 1. The maximum absolute atomic E-state index is 13.1. The number of rotatable bonds is 7. The Balaban J connectivity index is 2.11. The smallest absolute Gasteiger partial charge is 0.387 e. The van der Waals surface area contributed by atoms with Gasteiger partial charge in [-0.3, -0.25) is 9.97 Å². The molecule has 1 atom stereocenters. The number of halogens is 2. The van der Waals surface area contributed by atoms with Crippen molar-refractivity contribution in [3.8, 4) is 17.2 Å². The molecule has 1 unspecified atom stereocenters. The molecule has 1 aromatic carbocycles. The lowest BCUT2D eigenvalue weighted by molar-refractivity contribution is -0.0497. The van der Waals surface area contributed by atoms with Crippen molar-refractivity contribution < 1.29 is 44.0 Å². The Morgan fingerprint density at radius 2 is 2.23 bits per heavy atom. The van der Waals surface area contributed by atoms with Crippen LogP contribution in [0.5, 0.6) is 17.2 Å². The van der Waals surface area contributed by atoms with E-state index in [0.717, 1.165) is 0 Å². The number of alkyl halides is 2. The summed E-state index contributed by atoms with van der Waals surface area (Å²) in [6.07, 6.45) is -0.877. The van der Waals surface area contributed by atoms with E-state index >= 15 is 0 Å². The van der Waals surface area contributed by atoms with Crippen molar-refractivity contribution >= 4 is 22.2 Å². The Hall–Kier alpha value is -2.59. The Kier molecular flexibility index (Phi) is 2.50. The quantitative estimate of drug-likeness (QED) is 0.619. The average Bonchev–Trinajstić information content (AvgIpc) is 3.19. The Morgan fingerprint density at radius 3 is 3.00 bits per heavy atom. The molecule has 138 valence electrons. The number of fused-ring (bicyclic) bond motifs is 1. The number of aromatic nitrogens is 3. The number of ether oxygens (including phenoxy) is 3. The van der Waals surface area contributed by atoms with Crippen LogP contribution in [0.2, 0.25) is 0 Å². The van der Waals surface area contributed by atoms with Crippen LogP contribution >= 0.6 is 0 Å². The molecule has 0 bridgehead atoms. The molecule has 26 heavy (non-hydrogen) atoms. The fraction of sp³-hybridized carbons (Fsp3) is 0.250. The van der Waals surface area contributed by atoms with Gasteiger partial charge in [0.1, 0.15) is 11.4 Å².